The summed E-state index contributed by atoms with van der Waals surface area (Å²) in [4.78, 5) is 9.55. The van der Waals surface area contributed by atoms with Crippen molar-refractivity contribution in [3.8, 4) is 0 Å². The van der Waals surface area contributed by atoms with Crippen molar-refractivity contribution in [3.63, 3.8) is 0 Å². The summed E-state index contributed by atoms with van der Waals surface area (Å²) in [6.45, 7) is 11.2. The number of aromatic nitrogens is 3. The van der Waals surface area contributed by atoms with Crippen molar-refractivity contribution in [3.05, 3.63) is 60.6 Å². The maximum Gasteiger partial charge on any atom is 0.145 e. The molecule has 0 spiro atoms. The van der Waals surface area contributed by atoms with Gasteiger partial charge in [0.25, 0.3) is 0 Å². The zero-order valence-electron chi connectivity index (χ0n) is 15.5. The third-order valence-corrected chi connectivity index (χ3v) is 4.61. The van der Waals surface area contributed by atoms with Crippen molar-refractivity contribution in [1.29, 1.82) is 0 Å². The molecule has 0 fully saturated rings. The average molecular weight is 333 g/mol. The molecule has 130 valence electrons. The molecule has 3 nitrogen and oxygen atoms in total. The maximum atomic E-state index is 4.90. The fourth-order valence-electron chi connectivity index (χ4n) is 3.34. The second-order valence-electron chi connectivity index (χ2n) is 7.11. The summed E-state index contributed by atoms with van der Waals surface area (Å²) in [6.07, 6.45) is 9.44. The predicted octanol–water partition coefficient (Wildman–Crippen LogP) is 5.70. The van der Waals surface area contributed by atoms with Crippen molar-refractivity contribution < 1.29 is 0 Å². The number of allylic oxidation sites excluding steroid dienone is 3. The molecular weight excluding hydrogens is 306 g/mol. The Morgan fingerprint density at radius 2 is 2.04 bits per heavy atom. The van der Waals surface area contributed by atoms with Crippen LogP contribution in [0.4, 0.5) is 0 Å². The molecule has 0 aliphatic heterocycles. The van der Waals surface area contributed by atoms with Gasteiger partial charge in [0.1, 0.15) is 11.5 Å². The summed E-state index contributed by atoms with van der Waals surface area (Å²) < 4.78 is 2.23. The van der Waals surface area contributed by atoms with Crippen LogP contribution in [0.15, 0.2) is 54.8 Å². The van der Waals surface area contributed by atoms with E-state index in [0.29, 0.717) is 5.92 Å². The quantitative estimate of drug-likeness (QED) is 0.520. The first-order valence-corrected chi connectivity index (χ1v) is 9.07. The molecule has 2 heterocycles. The van der Waals surface area contributed by atoms with Gasteiger partial charge >= 0.3 is 0 Å². The maximum absolute atomic E-state index is 4.90. The molecule has 3 rings (SSSR count). The van der Waals surface area contributed by atoms with Crippen molar-refractivity contribution in [2.75, 3.05) is 0 Å². The lowest BCUT2D eigenvalue weighted by atomic mass is 10.0. The van der Waals surface area contributed by atoms with Crippen LogP contribution in [-0.4, -0.2) is 14.5 Å². The summed E-state index contributed by atoms with van der Waals surface area (Å²) in [5, 5.41) is 2.33. The predicted molar refractivity (Wildman–Crippen MR) is 107 cm³/mol. The first kappa shape index (κ1) is 17.4. The van der Waals surface area contributed by atoms with E-state index < -0.39 is 0 Å². The fourth-order valence-corrected chi connectivity index (χ4v) is 3.34. The Morgan fingerprint density at radius 1 is 1.24 bits per heavy atom. The van der Waals surface area contributed by atoms with Crippen LogP contribution in [0.5, 0.6) is 0 Å². The van der Waals surface area contributed by atoms with Gasteiger partial charge in [0.2, 0.25) is 0 Å². The molecule has 25 heavy (non-hydrogen) atoms. The Bertz CT molecular complexity index is 914. The highest BCUT2D eigenvalue weighted by molar-refractivity contribution is 6.06. The molecule has 0 N–H and O–H groups in total. The van der Waals surface area contributed by atoms with Gasteiger partial charge in [-0.05, 0) is 38.7 Å². The van der Waals surface area contributed by atoms with Crippen LogP contribution in [0.2, 0.25) is 0 Å². The van der Waals surface area contributed by atoms with Gasteiger partial charge in [-0.2, -0.15) is 0 Å². The van der Waals surface area contributed by atoms with Gasteiger partial charge < -0.3 is 4.57 Å². The number of nitrogens with zero attached hydrogens (tertiary/aromatic N) is 3. The van der Waals surface area contributed by atoms with E-state index in [1.165, 1.54) is 22.9 Å². The van der Waals surface area contributed by atoms with Crippen molar-refractivity contribution >= 4 is 21.9 Å². The Hall–Kier alpha value is -2.42. The fraction of sp³-hybridized carbons (Fsp3) is 0.364. The van der Waals surface area contributed by atoms with E-state index in [4.69, 9.17) is 4.98 Å². The first-order chi connectivity index (χ1) is 12.1. The third-order valence-electron chi connectivity index (χ3n) is 4.61. The minimum atomic E-state index is 0.574. The summed E-state index contributed by atoms with van der Waals surface area (Å²) in [6, 6.07) is 8.42. The number of hydrogen-bond donors (Lipinski definition) is 0. The topological polar surface area (TPSA) is 30.7 Å². The van der Waals surface area contributed by atoms with E-state index in [1.54, 1.807) is 0 Å². The zero-order valence-corrected chi connectivity index (χ0v) is 15.5. The molecule has 3 aromatic rings. The Kier molecular flexibility index (Phi) is 5.32. The lowest BCUT2D eigenvalue weighted by Crippen LogP contribution is -2.05. The Labute approximate surface area is 150 Å². The molecule has 1 atom stereocenters. The molecule has 0 bridgehead atoms. The average Bonchev–Trinajstić information content (AvgIpc) is 2.89. The number of rotatable bonds is 7. The summed E-state index contributed by atoms with van der Waals surface area (Å²) in [5.74, 6) is 1.51. The van der Waals surface area contributed by atoms with Gasteiger partial charge in [-0.15, -0.1) is 6.58 Å². The van der Waals surface area contributed by atoms with Crippen LogP contribution >= 0.6 is 0 Å². The monoisotopic (exact) mass is 333 g/mol. The molecule has 0 radical (unpaired) electrons. The van der Waals surface area contributed by atoms with E-state index in [0.717, 1.165) is 36.2 Å². The SMILES string of the molecule is C=CCn1c2ccccc2c2cnc(C[C@@H](C)CCC=C(C)C)nc21. The highest BCUT2D eigenvalue weighted by atomic mass is 15.1. The molecule has 0 amide bonds. The Balaban J connectivity index is 1.91. The normalized spacial score (nSPS) is 12.4. The molecule has 0 aliphatic rings. The first-order valence-electron chi connectivity index (χ1n) is 9.07. The minimum absolute atomic E-state index is 0.574. The van der Waals surface area contributed by atoms with Crippen LogP contribution in [0, 0.1) is 5.92 Å². The second kappa shape index (κ2) is 7.64. The van der Waals surface area contributed by atoms with Crippen molar-refractivity contribution in [2.24, 2.45) is 5.92 Å². The number of fused-ring (bicyclic) bond motifs is 3. The molecule has 0 saturated carbocycles. The van der Waals surface area contributed by atoms with E-state index in [-0.39, 0.29) is 0 Å². The lowest BCUT2D eigenvalue weighted by Gasteiger charge is -2.09. The van der Waals surface area contributed by atoms with Crippen molar-refractivity contribution in [2.45, 2.75) is 46.6 Å². The summed E-state index contributed by atoms with van der Waals surface area (Å²) >= 11 is 0. The van der Waals surface area contributed by atoms with Gasteiger partial charge in [0, 0.05) is 29.9 Å². The summed E-state index contributed by atoms with van der Waals surface area (Å²) in [7, 11) is 0. The highest BCUT2D eigenvalue weighted by Crippen LogP contribution is 2.27. The van der Waals surface area contributed by atoms with E-state index >= 15 is 0 Å². The van der Waals surface area contributed by atoms with Gasteiger partial charge in [0.15, 0.2) is 0 Å². The second-order valence-corrected chi connectivity index (χ2v) is 7.11. The standard InChI is InChI=1S/C22H27N3/c1-5-13-25-20-12-7-6-11-18(20)19-15-23-21(24-22(19)25)14-17(4)10-8-9-16(2)3/h5-7,9,11-12,15,17H,1,8,10,13-14H2,2-4H3/t17-/m0/s1. The molecule has 3 heteroatoms. The molecule has 0 aliphatic carbocycles. The third kappa shape index (κ3) is 3.81. The molecule has 1 aromatic carbocycles. The van der Waals surface area contributed by atoms with Crippen LogP contribution in [0.3, 0.4) is 0 Å². The zero-order chi connectivity index (χ0) is 17.8. The minimum Gasteiger partial charge on any atom is -0.321 e. The molecule has 0 saturated heterocycles. The van der Waals surface area contributed by atoms with Gasteiger partial charge in [0.05, 0.1) is 5.52 Å². The number of hydrogen-bond acceptors (Lipinski definition) is 2. The van der Waals surface area contributed by atoms with E-state index in [2.05, 4.69) is 67.2 Å². The van der Waals surface area contributed by atoms with Gasteiger partial charge in [-0.3, -0.25) is 0 Å². The van der Waals surface area contributed by atoms with E-state index in [1.807, 2.05) is 12.3 Å². The molecule has 0 unspecified atom stereocenters. The molecule has 2 aromatic heterocycles. The largest absolute Gasteiger partial charge is 0.321 e. The van der Waals surface area contributed by atoms with Gasteiger partial charge in [-0.1, -0.05) is 42.8 Å². The van der Waals surface area contributed by atoms with Gasteiger partial charge in [-0.25, -0.2) is 9.97 Å². The number of benzene rings is 1. The highest BCUT2D eigenvalue weighted by Gasteiger charge is 2.13. The van der Waals surface area contributed by atoms with Crippen LogP contribution in [-0.2, 0) is 13.0 Å². The smallest absolute Gasteiger partial charge is 0.145 e. The molecular formula is C22H27N3. The van der Waals surface area contributed by atoms with Crippen LogP contribution in [0.25, 0.3) is 21.9 Å². The lowest BCUT2D eigenvalue weighted by molar-refractivity contribution is 0.521. The van der Waals surface area contributed by atoms with Crippen LogP contribution < -0.4 is 0 Å². The van der Waals surface area contributed by atoms with E-state index in [9.17, 15) is 0 Å². The summed E-state index contributed by atoms with van der Waals surface area (Å²) in [5.41, 5.74) is 3.60. The number of para-hydroxylation sites is 1. The van der Waals surface area contributed by atoms with Crippen LogP contribution in [0.1, 0.15) is 39.4 Å². The van der Waals surface area contributed by atoms with Crippen molar-refractivity contribution in [1.82, 2.24) is 14.5 Å². The Morgan fingerprint density at radius 3 is 2.80 bits per heavy atom.